The Morgan fingerprint density at radius 3 is 2.52 bits per heavy atom. The average molecular weight is 326 g/mol. The highest BCUT2D eigenvalue weighted by molar-refractivity contribution is 7.85. The van der Waals surface area contributed by atoms with Crippen molar-refractivity contribution in [3.05, 3.63) is 17.8 Å². The van der Waals surface area contributed by atoms with Gasteiger partial charge in [0.2, 0.25) is 0 Å². The summed E-state index contributed by atoms with van der Waals surface area (Å²) in [6.07, 6.45) is -4.77. The Bertz CT molecular complexity index is 627. The van der Waals surface area contributed by atoms with Gasteiger partial charge in [-0.25, -0.2) is 4.98 Å². The van der Waals surface area contributed by atoms with Crippen molar-refractivity contribution in [2.75, 3.05) is 23.7 Å². The van der Waals surface area contributed by atoms with E-state index in [2.05, 4.69) is 9.72 Å². The molecule has 1 aliphatic rings. The molecule has 1 aromatic heterocycles. The zero-order chi connectivity index (χ0) is 15.8. The van der Waals surface area contributed by atoms with Crippen LogP contribution in [0.1, 0.15) is 5.69 Å². The summed E-state index contributed by atoms with van der Waals surface area (Å²) >= 11 is 0. The topological polar surface area (TPSA) is 79.7 Å². The molecule has 1 fully saturated rings. The number of pyridine rings is 1. The minimum Gasteiger partial charge on any atom is -0.404 e. The summed E-state index contributed by atoms with van der Waals surface area (Å²) in [4.78, 5) is 5.71. The summed E-state index contributed by atoms with van der Waals surface area (Å²) in [5.41, 5.74) is 0.0862. The maximum absolute atomic E-state index is 12.1. The van der Waals surface area contributed by atoms with Crippen LogP contribution >= 0.6 is 0 Å². The van der Waals surface area contributed by atoms with Crippen LogP contribution in [0.4, 0.5) is 19.0 Å². The lowest BCUT2D eigenvalue weighted by Crippen LogP contribution is -2.50. The minimum atomic E-state index is -4.77. The lowest BCUT2D eigenvalue weighted by molar-refractivity contribution is -0.275. The van der Waals surface area contributed by atoms with Gasteiger partial charge in [0, 0.05) is 19.0 Å². The number of nitrogens with zero attached hydrogens (tertiary/aromatic N) is 2. The van der Waals surface area contributed by atoms with Crippen LogP contribution in [0.15, 0.2) is 12.1 Å². The molecule has 21 heavy (non-hydrogen) atoms. The highest BCUT2D eigenvalue weighted by atomic mass is 32.2. The van der Waals surface area contributed by atoms with Crippen LogP contribution in [0, 0.1) is 12.8 Å². The maximum atomic E-state index is 12.1. The van der Waals surface area contributed by atoms with Gasteiger partial charge in [0.15, 0.2) is 5.75 Å². The number of hydrogen-bond acceptors (Lipinski definition) is 5. The quantitative estimate of drug-likeness (QED) is 0.847. The van der Waals surface area contributed by atoms with Gasteiger partial charge in [0.05, 0.1) is 11.4 Å². The molecule has 1 aliphatic heterocycles. The van der Waals surface area contributed by atoms with Crippen LogP contribution in [-0.2, 0) is 10.1 Å². The third-order valence-electron chi connectivity index (χ3n) is 2.98. The van der Waals surface area contributed by atoms with Crippen molar-refractivity contribution < 1.29 is 30.9 Å². The molecule has 2 heterocycles. The van der Waals surface area contributed by atoms with Crippen LogP contribution in [-0.4, -0.2) is 43.2 Å². The van der Waals surface area contributed by atoms with Crippen LogP contribution in [0.3, 0.4) is 0 Å². The van der Waals surface area contributed by atoms with E-state index in [1.807, 2.05) is 0 Å². The third kappa shape index (κ3) is 4.46. The fraction of sp³-hybridized carbons (Fsp3) is 0.545. The van der Waals surface area contributed by atoms with Crippen molar-refractivity contribution in [1.82, 2.24) is 4.98 Å². The number of ether oxygens (including phenoxy) is 1. The number of hydrogen-bond donors (Lipinski definition) is 1. The summed E-state index contributed by atoms with van der Waals surface area (Å²) in [6.45, 7) is 2.12. The van der Waals surface area contributed by atoms with Gasteiger partial charge in [-0.1, -0.05) is 0 Å². The van der Waals surface area contributed by atoms with Gasteiger partial charge in [-0.3, -0.25) is 4.55 Å². The van der Waals surface area contributed by atoms with E-state index in [1.54, 1.807) is 4.90 Å². The molecule has 0 unspecified atom stereocenters. The minimum absolute atomic E-state index is 0.0862. The second-order valence-corrected chi connectivity index (χ2v) is 6.32. The van der Waals surface area contributed by atoms with E-state index in [0.29, 0.717) is 18.9 Å². The van der Waals surface area contributed by atoms with Gasteiger partial charge in [0.1, 0.15) is 5.82 Å². The van der Waals surface area contributed by atoms with E-state index < -0.39 is 16.5 Å². The van der Waals surface area contributed by atoms with Crippen molar-refractivity contribution in [1.29, 1.82) is 0 Å². The molecule has 0 radical (unpaired) electrons. The van der Waals surface area contributed by atoms with Crippen LogP contribution in [0.5, 0.6) is 5.75 Å². The Morgan fingerprint density at radius 1 is 1.43 bits per heavy atom. The first-order valence-electron chi connectivity index (χ1n) is 5.97. The Balaban J connectivity index is 1.99. The molecule has 1 saturated heterocycles. The summed E-state index contributed by atoms with van der Waals surface area (Å²) < 4.78 is 70.3. The monoisotopic (exact) mass is 326 g/mol. The number of rotatable bonds is 4. The molecule has 0 aromatic carbocycles. The van der Waals surface area contributed by atoms with Gasteiger partial charge in [-0.15, -0.1) is 13.2 Å². The zero-order valence-electron chi connectivity index (χ0n) is 11.0. The Kier molecular flexibility index (Phi) is 4.02. The number of anilines is 1. The second-order valence-electron chi connectivity index (χ2n) is 4.82. The molecule has 6 nitrogen and oxygen atoms in total. The predicted molar refractivity (Wildman–Crippen MR) is 67.8 cm³/mol. The van der Waals surface area contributed by atoms with Crippen LogP contribution in [0.2, 0.25) is 0 Å². The van der Waals surface area contributed by atoms with Crippen molar-refractivity contribution in [3.63, 3.8) is 0 Å². The molecule has 10 heteroatoms. The van der Waals surface area contributed by atoms with Gasteiger partial charge in [-0.05, 0) is 19.1 Å². The van der Waals surface area contributed by atoms with Gasteiger partial charge in [-0.2, -0.15) is 8.42 Å². The lowest BCUT2D eigenvalue weighted by atomic mass is 10.0. The largest absolute Gasteiger partial charge is 0.573 e. The Labute approximate surface area is 119 Å². The fourth-order valence-electron chi connectivity index (χ4n) is 2.10. The lowest BCUT2D eigenvalue weighted by Gasteiger charge is -2.39. The summed E-state index contributed by atoms with van der Waals surface area (Å²) in [5, 5.41) is 0. The van der Waals surface area contributed by atoms with Gasteiger partial charge in [0.25, 0.3) is 10.1 Å². The molecule has 1 aromatic rings. The summed E-state index contributed by atoms with van der Waals surface area (Å²) in [5.74, 6) is -0.485. The number of aromatic nitrogens is 1. The second kappa shape index (κ2) is 5.34. The number of alkyl halides is 3. The first kappa shape index (κ1) is 15.8. The molecular weight excluding hydrogens is 313 g/mol. The molecule has 0 saturated carbocycles. The van der Waals surface area contributed by atoms with Gasteiger partial charge < -0.3 is 9.64 Å². The molecule has 2 rings (SSSR count). The average Bonchev–Trinajstić information content (AvgIpc) is 2.23. The van der Waals surface area contributed by atoms with Gasteiger partial charge >= 0.3 is 6.36 Å². The molecule has 0 spiro atoms. The van der Waals surface area contributed by atoms with E-state index in [1.165, 1.54) is 19.1 Å². The molecule has 0 aliphatic carbocycles. The normalized spacial score (nSPS) is 16.7. The van der Waals surface area contributed by atoms with E-state index in [9.17, 15) is 21.6 Å². The fourth-order valence-corrected chi connectivity index (χ4v) is 2.91. The highest BCUT2D eigenvalue weighted by Gasteiger charge is 2.33. The summed E-state index contributed by atoms with van der Waals surface area (Å²) in [7, 11) is -4.02. The molecule has 118 valence electrons. The maximum Gasteiger partial charge on any atom is 0.573 e. The zero-order valence-corrected chi connectivity index (χ0v) is 11.8. The predicted octanol–water partition coefficient (Wildman–Crippen LogP) is 1.61. The molecule has 0 atom stereocenters. The molecule has 0 bridgehead atoms. The van der Waals surface area contributed by atoms with Crippen molar-refractivity contribution in [2.24, 2.45) is 5.92 Å². The van der Waals surface area contributed by atoms with Crippen LogP contribution < -0.4 is 9.64 Å². The summed E-state index contributed by atoms with van der Waals surface area (Å²) in [6, 6.07) is 2.54. The van der Waals surface area contributed by atoms with E-state index >= 15 is 0 Å². The highest BCUT2D eigenvalue weighted by Crippen LogP contribution is 2.29. The molecule has 1 N–H and O–H groups in total. The van der Waals surface area contributed by atoms with Crippen molar-refractivity contribution in [2.45, 2.75) is 13.3 Å². The first-order valence-corrected chi connectivity index (χ1v) is 7.58. The van der Waals surface area contributed by atoms with Crippen molar-refractivity contribution >= 4 is 15.9 Å². The van der Waals surface area contributed by atoms with Crippen molar-refractivity contribution in [3.8, 4) is 5.75 Å². The molecular formula is C11H13F3N2O4S. The standard InChI is InChI=1S/C11H13F3N2O4S/c1-7-9(20-11(12,13)14)2-3-10(15-7)16-4-8(5-16)6-21(17,18)19/h2-3,8H,4-6H2,1H3,(H,17,18,19). The number of halogens is 3. The van der Waals surface area contributed by atoms with E-state index in [0.717, 1.165) is 0 Å². The van der Waals surface area contributed by atoms with Crippen LogP contribution in [0.25, 0.3) is 0 Å². The first-order chi connectivity index (χ1) is 9.53. The Morgan fingerprint density at radius 2 is 2.05 bits per heavy atom. The number of aryl methyl sites for hydroxylation is 1. The Hall–Kier alpha value is -1.55. The SMILES string of the molecule is Cc1nc(N2CC(CS(=O)(=O)O)C2)ccc1OC(F)(F)F. The smallest absolute Gasteiger partial charge is 0.404 e. The van der Waals surface area contributed by atoms with E-state index in [-0.39, 0.29) is 23.1 Å². The molecule has 0 amide bonds. The third-order valence-corrected chi connectivity index (χ3v) is 3.87. The van der Waals surface area contributed by atoms with E-state index in [4.69, 9.17) is 4.55 Å².